The highest BCUT2D eigenvalue weighted by Gasteiger charge is 2.25. The number of carbonyl (C=O) groups excluding carboxylic acids is 2. The number of hydrogen-bond donors (Lipinski definition) is 0. The van der Waals surface area contributed by atoms with Crippen molar-refractivity contribution in [1.29, 1.82) is 0 Å². The maximum atomic E-state index is 12.6. The third-order valence-electron chi connectivity index (χ3n) is 4.99. The van der Waals surface area contributed by atoms with Crippen LogP contribution in [0.15, 0.2) is 59.2 Å². The summed E-state index contributed by atoms with van der Waals surface area (Å²) in [5.41, 5.74) is 2.13. The second-order valence-electron chi connectivity index (χ2n) is 6.79. The topological polar surface area (TPSA) is 58.4 Å². The summed E-state index contributed by atoms with van der Waals surface area (Å²) in [6.07, 6.45) is 1.84. The van der Waals surface area contributed by atoms with Gasteiger partial charge < -0.3 is 14.4 Å². The van der Waals surface area contributed by atoms with Gasteiger partial charge >= 0.3 is 0 Å². The number of nitrogens with zero attached hydrogens (tertiary/aromatic N) is 4. The molecule has 0 aliphatic carbocycles. The normalized spacial score (nSPS) is 14.2. The fourth-order valence-corrected chi connectivity index (χ4v) is 4.88. The van der Waals surface area contributed by atoms with Crippen LogP contribution in [0.3, 0.4) is 0 Å². The summed E-state index contributed by atoms with van der Waals surface area (Å²) in [6.45, 7) is 2.31. The maximum Gasteiger partial charge on any atom is 0.264 e. The standard InChI is InChI=1S/C21H22N4O2S2/c1-23-17(16-6-3-2-4-7-16)14-22-21(23)29-15-19(26)24-9-11-25(12-10-24)20(27)18-8-5-13-28-18/h2-8,13-14H,9-12,15H2,1H3. The fourth-order valence-electron chi connectivity index (χ4n) is 3.34. The lowest BCUT2D eigenvalue weighted by Crippen LogP contribution is -2.51. The predicted molar refractivity (Wildman–Crippen MR) is 116 cm³/mol. The van der Waals surface area contributed by atoms with E-state index in [-0.39, 0.29) is 11.8 Å². The Morgan fingerprint density at radius 2 is 1.76 bits per heavy atom. The van der Waals surface area contributed by atoms with Crippen LogP contribution in [0.4, 0.5) is 0 Å². The number of piperazine rings is 1. The highest BCUT2D eigenvalue weighted by atomic mass is 32.2. The highest BCUT2D eigenvalue weighted by Crippen LogP contribution is 2.25. The summed E-state index contributed by atoms with van der Waals surface area (Å²) in [5.74, 6) is 0.489. The van der Waals surface area contributed by atoms with Crippen LogP contribution >= 0.6 is 23.1 Å². The van der Waals surface area contributed by atoms with Gasteiger partial charge in [0.15, 0.2) is 5.16 Å². The van der Waals surface area contributed by atoms with Crippen molar-refractivity contribution in [3.63, 3.8) is 0 Å². The van der Waals surface area contributed by atoms with Crippen molar-refractivity contribution < 1.29 is 9.59 Å². The van der Waals surface area contributed by atoms with Gasteiger partial charge in [-0.05, 0) is 17.0 Å². The zero-order chi connectivity index (χ0) is 20.2. The van der Waals surface area contributed by atoms with Crippen LogP contribution in [-0.2, 0) is 11.8 Å². The second kappa shape index (κ2) is 8.84. The zero-order valence-corrected chi connectivity index (χ0v) is 17.8. The summed E-state index contributed by atoms with van der Waals surface area (Å²) < 4.78 is 2.02. The van der Waals surface area contributed by atoms with E-state index in [4.69, 9.17) is 0 Å². The molecule has 0 saturated carbocycles. The van der Waals surface area contributed by atoms with Crippen LogP contribution in [0.25, 0.3) is 11.3 Å². The molecule has 3 aromatic rings. The van der Waals surface area contributed by atoms with Crippen molar-refractivity contribution in [3.8, 4) is 11.3 Å². The Balaban J connectivity index is 1.30. The van der Waals surface area contributed by atoms with Gasteiger partial charge in [0.1, 0.15) is 0 Å². The highest BCUT2D eigenvalue weighted by molar-refractivity contribution is 7.99. The molecule has 1 saturated heterocycles. The van der Waals surface area contributed by atoms with Crippen LogP contribution in [0.1, 0.15) is 9.67 Å². The summed E-state index contributed by atoms with van der Waals surface area (Å²) in [7, 11) is 1.97. The average Bonchev–Trinajstić information content (AvgIpc) is 3.42. The first-order chi connectivity index (χ1) is 14.1. The van der Waals surface area contributed by atoms with Crippen molar-refractivity contribution in [2.75, 3.05) is 31.9 Å². The Morgan fingerprint density at radius 3 is 2.45 bits per heavy atom. The van der Waals surface area contributed by atoms with Gasteiger partial charge in [-0.2, -0.15) is 0 Å². The maximum absolute atomic E-state index is 12.6. The molecule has 150 valence electrons. The fraction of sp³-hybridized carbons (Fsp3) is 0.286. The first-order valence-electron chi connectivity index (χ1n) is 9.44. The van der Waals surface area contributed by atoms with Crippen LogP contribution in [0.2, 0.25) is 0 Å². The number of aromatic nitrogens is 2. The van der Waals surface area contributed by atoms with E-state index >= 15 is 0 Å². The van der Waals surface area contributed by atoms with Crippen LogP contribution < -0.4 is 0 Å². The van der Waals surface area contributed by atoms with Crippen molar-refractivity contribution in [1.82, 2.24) is 19.4 Å². The number of benzene rings is 1. The van der Waals surface area contributed by atoms with E-state index in [9.17, 15) is 9.59 Å². The molecule has 1 aliphatic rings. The van der Waals surface area contributed by atoms with E-state index < -0.39 is 0 Å². The van der Waals surface area contributed by atoms with E-state index in [0.717, 1.165) is 21.3 Å². The number of thiophene rings is 1. The van der Waals surface area contributed by atoms with Gasteiger partial charge in [0, 0.05) is 33.2 Å². The minimum Gasteiger partial charge on any atom is -0.338 e. The minimum absolute atomic E-state index is 0.0583. The van der Waals surface area contributed by atoms with E-state index in [1.807, 2.05) is 75.5 Å². The molecule has 8 heteroatoms. The third-order valence-corrected chi connectivity index (χ3v) is 6.88. The lowest BCUT2D eigenvalue weighted by Gasteiger charge is -2.34. The molecule has 0 spiro atoms. The Morgan fingerprint density at radius 1 is 1.03 bits per heavy atom. The molecule has 1 fully saturated rings. The van der Waals surface area contributed by atoms with E-state index in [1.165, 1.54) is 23.1 Å². The van der Waals surface area contributed by atoms with Gasteiger partial charge in [-0.3, -0.25) is 9.59 Å². The zero-order valence-electron chi connectivity index (χ0n) is 16.2. The molecule has 3 heterocycles. The quantitative estimate of drug-likeness (QED) is 0.588. The monoisotopic (exact) mass is 426 g/mol. The molecule has 1 aliphatic heterocycles. The molecule has 2 aromatic heterocycles. The van der Waals surface area contributed by atoms with Crippen molar-refractivity contribution in [3.05, 3.63) is 58.9 Å². The van der Waals surface area contributed by atoms with Gasteiger partial charge in [-0.1, -0.05) is 48.2 Å². The second-order valence-corrected chi connectivity index (χ2v) is 8.68. The van der Waals surface area contributed by atoms with E-state index in [1.54, 1.807) is 0 Å². The molecule has 1 aromatic carbocycles. The molecule has 29 heavy (non-hydrogen) atoms. The van der Waals surface area contributed by atoms with Gasteiger partial charge in [-0.15, -0.1) is 11.3 Å². The SMILES string of the molecule is Cn1c(-c2ccccc2)cnc1SCC(=O)N1CCN(C(=O)c2cccs2)CC1. The molecule has 0 radical (unpaired) electrons. The van der Waals surface area contributed by atoms with Crippen molar-refractivity contribution in [2.45, 2.75) is 5.16 Å². The predicted octanol–water partition coefficient (Wildman–Crippen LogP) is 3.23. The average molecular weight is 427 g/mol. The number of carbonyl (C=O) groups is 2. The Bertz CT molecular complexity index is 978. The molecule has 6 nitrogen and oxygen atoms in total. The third kappa shape index (κ3) is 4.38. The number of hydrogen-bond acceptors (Lipinski definition) is 5. The van der Waals surface area contributed by atoms with E-state index in [2.05, 4.69) is 4.98 Å². The van der Waals surface area contributed by atoms with Crippen molar-refractivity contribution >= 4 is 34.9 Å². The summed E-state index contributed by atoms with van der Waals surface area (Å²) in [5, 5.41) is 2.73. The minimum atomic E-state index is 0.0583. The molecule has 0 N–H and O–H groups in total. The Hall–Kier alpha value is -2.58. The van der Waals surface area contributed by atoms with Crippen molar-refractivity contribution in [2.24, 2.45) is 7.05 Å². The molecule has 0 unspecified atom stereocenters. The van der Waals surface area contributed by atoms with E-state index in [0.29, 0.717) is 31.9 Å². The number of rotatable bonds is 5. The van der Waals surface area contributed by atoms with Gasteiger partial charge in [0.2, 0.25) is 5.91 Å². The lowest BCUT2D eigenvalue weighted by atomic mass is 10.2. The Kier molecular flexibility index (Phi) is 6.01. The summed E-state index contributed by atoms with van der Waals surface area (Å²) >= 11 is 2.91. The molecule has 0 atom stereocenters. The molecule has 2 amide bonds. The smallest absolute Gasteiger partial charge is 0.264 e. The number of amides is 2. The molecular weight excluding hydrogens is 404 g/mol. The summed E-state index contributed by atoms with van der Waals surface area (Å²) in [6, 6.07) is 13.8. The first kappa shape index (κ1) is 19.7. The van der Waals surface area contributed by atoms with Gasteiger partial charge in [0.25, 0.3) is 5.91 Å². The van der Waals surface area contributed by atoms with Crippen LogP contribution in [0, 0.1) is 0 Å². The van der Waals surface area contributed by atoms with Gasteiger partial charge in [0.05, 0.1) is 22.5 Å². The summed E-state index contributed by atoms with van der Waals surface area (Å²) in [4.78, 5) is 34.0. The molecule has 0 bridgehead atoms. The number of imidazole rings is 1. The van der Waals surface area contributed by atoms with Gasteiger partial charge in [-0.25, -0.2) is 4.98 Å². The molecular formula is C21H22N4O2S2. The largest absolute Gasteiger partial charge is 0.338 e. The van der Waals surface area contributed by atoms with Crippen LogP contribution in [-0.4, -0.2) is 63.1 Å². The molecule has 4 rings (SSSR count). The number of thioether (sulfide) groups is 1. The lowest BCUT2D eigenvalue weighted by molar-refractivity contribution is -0.129. The van der Waals surface area contributed by atoms with Crippen LogP contribution in [0.5, 0.6) is 0 Å². The Labute approximate surface area is 178 Å². The first-order valence-corrected chi connectivity index (χ1v) is 11.3.